The van der Waals surface area contributed by atoms with E-state index in [1.165, 1.54) is 24.3 Å². The van der Waals surface area contributed by atoms with Gasteiger partial charge < -0.3 is 15.5 Å². The van der Waals surface area contributed by atoms with E-state index in [-0.39, 0.29) is 26.9 Å². The molecule has 0 bridgehead atoms. The third-order valence-corrected chi connectivity index (χ3v) is 3.47. The minimum atomic E-state index is -1.11. The van der Waals surface area contributed by atoms with Crippen LogP contribution in [0.15, 0.2) is 29.6 Å². The van der Waals surface area contributed by atoms with Gasteiger partial charge in [-0.05, 0) is 29.6 Å². The van der Waals surface area contributed by atoms with Gasteiger partial charge in [-0.1, -0.05) is 11.6 Å². The molecule has 7 heteroatoms. The minimum Gasteiger partial charge on any atom is -0.506 e. The molecule has 0 atom stereocenters. The average molecular weight is 298 g/mol. The molecule has 1 heterocycles. The number of phenolic OH excluding ortho intramolecular Hbond substituents is 1. The molecule has 0 unspecified atom stereocenters. The molecule has 0 saturated heterocycles. The monoisotopic (exact) mass is 297 g/mol. The Kier molecular flexibility index (Phi) is 3.73. The van der Waals surface area contributed by atoms with E-state index in [2.05, 4.69) is 5.32 Å². The first-order chi connectivity index (χ1) is 8.99. The summed E-state index contributed by atoms with van der Waals surface area (Å²) in [6.07, 6.45) is 0. The fourth-order valence-electron chi connectivity index (χ4n) is 1.40. The Morgan fingerprint density at radius 1 is 1.26 bits per heavy atom. The second kappa shape index (κ2) is 5.29. The number of halogens is 1. The Labute approximate surface area is 117 Å². The summed E-state index contributed by atoms with van der Waals surface area (Å²) in [5.41, 5.74) is 0.260. The summed E-state index contributed by atoms with van der Waals surface area (Å²) in [6.45, 7) is 0. The molecule has 0 radical (unpaired) electrons. The van der Waals surface area contributed by atoms with Gasteiger partial charge in [-0.3, -0.25) is 4.79 Å². The van der Waals surface area contributed by atoms with Gasteiger partial charge in [0.2, 0.25) is 0 Å². The van der Waals surface area contributed by atoms with E-state index in [0.29, 0.717) is 0 Å². The van der Waals surface area contributed by atoms with E-state index in [9.17, 15) is 14.7 Å². The van der Waals surface area contributed by atoms with Crippen molar-refractivity contribution in [2.75, 3.05) is 5.32 Å². The topological polar surface area (TPSA) is 86.6 Å². The van der Waals surface area contributed by atoms with Gasteiger partial charge in [-0.2, -0.15) is 0 Å². The Morgan fingerprint density at radius 3 is 2.63 bits per heavy atom. The number of nitrogens with one attached hydrogen (secondary N) is 1. The summed E-state index contributed by atoms with van der Waals surface area (Å²) in [6, 6.07) is 5.40. The number of carboxylic acids is 1. The van der Waals surface area contributed by atoms with Gasteiger partial charge in [0.1, 0.15) is 10.8 Å². The number of aromatic carboxylic acids is 1. The molecule has 2 aromatic rings. The number of phenols is 1. The largest absolute Gasteiger partial charge is 0.506 e. The molecular weight excluding hydrogens is 290 g/mol. The van der Waals surface area contributed by atoms with Crippen LogP contribution in [0.25, 0.3) is 0 Å². The summed E-state index contributed by atoms with van der Waals surface area (Å²) in [5.74, 6) is -1.73. The Balaban J connectivity index is 2.23. The van der Waals surface area contributed by atoms with Gasteiger partial charge in [0.25, 0.3) is 5.91 Å². The molecule has 5 nitrogen and oxygen atoms in total. The lowest BCUT2D eigenvalue weighted by Crippen LogP contribution is -2.13. The lowest BCUT2D eigenvalue weighted by Gasteiger charge is -2.05. The first-order valence-electron chi connectivity index (χ1n) is 5.09. The molecule has 0 aliphatic heterocycles. The maximum atomic E-state index is 11.9. The van der Waals surface area contributed by atoms with Crippen molar-refractivity contribution in [2.45, 2.75) is 0 Å². The molecule has 0 saturated carbocycles. The highest BCUT2D eigenvalue weighted by Crippen LogP contribution is 2.26. The van der Waals surface area contributed by atoms with Crippen LogP contribution in [0, 0.1) is 0 Å². The number of thiophene rings is 1. The maximum Gasteiger partial charge on any atom is 0.338 e. The third kappa shape index (κ3) is 2.86. The smallest absolute Gasteiger partial charge is 0.338 e. The molecule has 0 fully saturated rings. The number of anilines is 1. The molecule has 0 spiro atoms. The van der Waals surface area contributed by atoms with E-state index in [0.717, 1.165) is 11.3 Å². The highest BCUT2D eigenvalue weighted by molar-refractivity contribution is 7.14. The summed E-state index contributed by atoms with van der Waals surface area (Å²) in [7, 11) is 0. The summed E-state index contributed by atoms with van der Waals surface area (Å²) in [5, 5.41) is 22.5. The van der Waals surface area contributed by atoms with Crippen molar-refractivity contribution in [3.05, 3.63) is 45.8 Å². The van der Waals surface area contributed by atoms with Crippen LogP contribution in [0.3, 0.4) is 0 Å². The number of amides is 1. The second-order valence-corrected chi connectivity index (χ2v) is 4.91. The van der Waals surface area contributed by atoms with Crippen molar-refractivity contribution in [1.29, 1.82) is 0 Å². The molecule has 1 aromatic heterocycles. The molecule has 19 heavy (non-hydrogen) atoms. The molecule has 0 aliphatic rings. The first-order valence-corrected chi connectivity index (χ1v) is 6.35. The van der Waals surface area contributed by atoms with Crippen molar-refractivity contribution in [2.24, 2.45) is 0 Å². The fraction of sp³-hybridized carbons (Fsp3) is 0. The Bertz CT molecular complexity index is 653. The van der Waals surface area contributed by atoms with Gasteiger partial charge in [0, 0.05) is 5.56 Å². The molecule has 98 valence electrons. The molecule has 1 aromatic carbocycles. The molecular formula is C12H8ClNO4S. The number of rotatable bonds is 3. The van der Waals surface area contributed by atoms with E-state index in [1.807, 2.05) is 0 Å². The first kappa shape index (κ1) is 13.4. The van der Waals surface area contributed by atoms with Crippen LogP contribution >= 0.6 is 22.9 Å². The highest BCUT2D eigenvalue weighted by atomic mass is 35.5. The van der Waals surface area contributed by atoms with Gasteiger partial charge in [-0.15, -0.1) is 11.3 Å². The van der Waals surface area contributed by atoms with Crippen molar-refractivity contribution in [3.63, 3.8) is 0 Å². The Hall–Kier alpha value is -2.05. The average Bonchev–Trinajstić information content (AvgIpc) is 2.80. The van der Waals surface area contributed by atoms with E-state index in [4.69, 9.17) is 16.7 Å². The number of carbonyl (C=O) groups excluding carboxylic acids is 1. The van der Waals surface area contributed by atoms with Crippen LogP contribution in [-0.4, -0.2) is 22.1 Å². The zero-order chi connectivity index (χ0) is 14.0. The van der Waals surface area contributed by atoms with E-state index >= 15 is 0 Å². The normalized spacial score (nSPS) is 10.2. The number of benzene rings is 1. The van der Waals surface area contributed by atoms with Crippen LogP contribution in [0.5, 0.6) is 5.75 Å². The molecule has 3 N–H and O–H groups in total. The quantitative estimate of drug-likeness (QED) is 0.812. The van der Waals surface area contributed by atoms with Crippen molar-refractivity contribution < 1.29 is 19.8 Å². The lowest BCUT2D eigenvalue weighted by atomic mass is 10.2. The van der Waals surface area contributed by atoms with Crippen LogP contribution < -0.4 is 5.32 Å². The van der Waals surface area contributed by atoms with Crippen molar-refractivity contribution >= 4 is 39.8 Å². The van der Waals surface area contributed by atoms with Crippen LogP contribution in [-0.2, 0) is 0 Å². The number of hydrogen-bond acceptors (Lipinski definition) is 4. The second-order valence-electron chi connectivity index (χ2n) is 3.59. The zero-order valence-corrected chi connectivity index (χ0v) is 11.0. The van der Waals surface area contributed by atoms with Gasteiger partial charge >= 0.3 is 5.97 Å². The van der Waals surface area contributed by atoms with E-state index in [1.54, 1.807) is 5.38 Å². The molecule has 0 aliphatic carbocycles. The number of aromatic hydroxyl groups is 1. The Morgan fingerprint density at radius 2 is 2.00 bits per heavy atom. The standard InChI is InChI=1S/C12H8ClNO4S/c13-8-5-6(1-2-9(8)15)10(16)14-11-7(12(17)18)3-4-19-11/h1-5,15H,(H,14,16)(H,17,18). The number of hydrogen-bond donors (Lipinski definition) is 3. The summed E-state index contributed by atoms with van der Waals surface area (Å²) >= 11 is 6.81. The van der Waals surface area contributed by atoms with Crippen molar-refractivity contribution in [1.82, 2.24) is 0 Å². The predicted molar refractivity (Wildman–Crippen MR) is 72.3 cm³/mol. The third-order valence-electron chi connectivity index (χ3n) is 2.33. The van der Waals surface area contributed by atoms with E-state index < -0.39 is 11.9 Å². The predicted octanol–water partition coefficient (Wildman–Crippen LogP) is 3.06. The van der Waals surface area contributed by atoms with Crippen LogP contribution in [0.2, 0.25) is 5.02 Å². The van der Waals surface area contributed by atoms with Gasteiger partial charge in [0.15, 0.2) is 0 Å². The maximum absolute atomic E-state index is 11.9. The minimum absolute atomic E-state index is 0.0308. The lowest BCUT2D eigenvalue weighted by molar-refractivity contribution is 0.0698. The number of carbonyl (C=O) groups is 2. The van der Waals surface area contributed by atoms with Crippen molar-refractivity contribution in [3.8, 4) is 5.75 Å². The number of carboxylic acid groups (broad SMARTS) is 1. The van der Waals surface area contributed by atoms with Crippen LogP contribution in [0.4, 0.5) is 5.00 Å². The SMILES string of the molecule is O=C(Nc1sccc1C(=O)O)c1ccc(O)c(Cl)c1. The molecule has 1 amide bonds. The van der Waals surface area contributed by atoms with Gasteiger partial charge in [-0.25, -0.2) is 4.79 Å². The zero-order valence-electron chi connectivity index (χ0n) is 9.38. The highest BCUT2D eigenvalue weighted by Gasteiger charge is 2.15. The fourth-order valence-corrected chi connectivity index (χ4v) is 2.35. The summed E-state index contributed by atoms with van der Waals surface area (Å²) < 4.78 is 0. The van der Waals surface area contributed by atoms with Crippen LogP contribution in [0.1, 0.15) is 20.7 Å². The molecule has 2 rings (SSSR count). The summed E-state index contributed by atoms with van der Waals surface area (Å²) in [4.78, 5) is 22.8. The van der Waals surface area contributed by atoms with Gasteiger partial charge in [0.05, 0.1) is 10.6 Å².